The maximum absolute atomic E-state index is 13.4. The van der Waals surface area contributed by atoms with E-state index in [2.05, 4.69) is 17.4 Å². The molecule has 2 heterocycles. The van der Waals surface area contributed by atoms with E-state index in [1.54, 1.807) is 28.7 Å². The van der Waals surface area contributed by atoms with Crippen molar-refractivity contribution >= 4 is 22.4 Å². The Kier molecular flexibility index (Phi) is 7.67. The monoisotopic (exact) mass is 437 g/mol. The zero-order chi connectivity index (χ0) is 19.4. The molecule has 2 aliphatic rings. The Balaban J connectivity index is 0.00000240. The van der Waals surface area contributed by atoms with Gasteiger partial charge >= 0.3 is 0 Å². The Morgan fingerprint density at radius 3 is 2.48 bits per heavy atom. The Labute approximate surface area is 179 Å². The van der Waals surface area contributed by atoms with Gasteiger partial charge in [0.2, 0.25) is 0 Å². The molecule has 0 aromatic heterocycles. The van der Waals surface area contributed by atoms with Crippen LogP contribution in [0.1, 0.15) is 23.7 Å². The smallest absolute Gasteiger partial charge is 0.255 e. The Bertz CT molecular complexity index is 889. The van der Waals surface area contributed by atoms with E-state index in [1.165, 1.54) is 11.1 Å². The van der Waals surface area contributed by atoms with Crippen molar-refractivity contribution in [1.82, 2.24) is 14.7 Å². The lowest BCUT2D eigenvalue weighted by atomic mass is 9.96. The second-order valence-corrected chi connectivity index (χ2v) is 9.01. The van der Waals surface area contributed by atoms with Crippen LogP contribution in [0.4, 0.5) is 0 Å². The van der Waals surface area contributed by atoms with Crippen LogP contribution in [0, 0.1) is 0 Å². The normalized spacial score (nSPS) is 20.1. The third-order valence-electron chi connectivity index (χ3n) is 5.40. The predicted octanol–water partition coefficient (Wildman–Crippen LogP) is 2.62. The van der Waals surface area contributed by atoms with Gasteiger partial charge in [-0.05, 0) is 36.1 Å². The summed E-state index contributed by atoms with van der Waals surface area (Å²) in [6.45, 7) is 3.99. The van der Waals surface area contributed by atoms with E-state index in [4.69, 9.17) is 4.74 Å². The average molecular weight is 438 g/mol. The van der Waals surface area contributed by atoms with Crippen molar-refractivity contribution in [2.45, 2.75) is 23.8 Å². The van der Waals surface area contributed by atoms with Crippen molar-refractivity contribution < 1.29 is 13.2 Å². The molecule has 0 bridgehead atoms. The maximum Gasteiger partial charge on any atom is 0.255 e. The number of rotatable bonds is 6. The molecule has 6 nitrogen and oxygen atoms in total. The highest BCUT2D eigenvalue weighted by molar-refractivity contribution is 7.89. The number of sulfonamides is 1. The lowest BCUT2D eigenvalue weighted by molar-refractivity contribution is 0.00361. The predicted molar refractivity (Wildman–Crippen MR) is 115 cm³/mol. The maximum atomic E-state index is 13.4. The van der Waals surface area contributed by atoms with E-state index in [1.807, 2.05) is 23.2 Å². The highest BCUT2D eigenvalue weighted by atomic mass is 35.5. The summed E-state index contributed by atoms with van der Waals surface area (Å²) in [4.78, 5) is 0.332. The number of piperazine rings is 1. The molecule has 1 N–H and O–H groups in total. The third-order valence-corrected chi connectivity index (χ3v) is 7.24. The first kappa shape index (κ1) is 22.2. The van der Waals surface area contributed by atoms with Crippen molar-refractivity contribution in [3.05, 3.63) is 65.7 Å². The summed E-state index contributed by atoms with van der Waals surface area (Å²) in [5.74, 6) is 0. The first-order valence-corrected chi connectivity index (χ1v) is 11.3. The van der Waals surface area contributed by atoms with Crippen molar-refractivity contribution in [2.24, 2.45) is 0 Å². The SMILES string of the molecule is Cl.O=S(=O)(c1ccccc1)N(CCC1OCCc2ccccc21)N1CCNCC1. The fraction of sp³-hybridized carbons (Fsp3) is 0.429. The Morgan fingerprint density at radius 1 is 1.03 bits per heavy atom. The third kappa shape index (κ3) is 4.99. The largest absolute Gasteiger partial charge is 0.373 e. The van der Waals surface area contributed by atoms with Gasteiger partial charge in [-0.1, -0.05) is 42.5 Å². The topological polar surface area (TPSA) is 61.9 Å². The van der Waals surface area contributed by atoms with Crippen LogP contribution in [0.15, 0.2) is 59.5 Å². The number of nitrogens with zero attached hydrogens (tertiary/aromatic N) is 2. The second kappa shape index (κ2) is 10.0. The van der Waals surface area contributed by atoms with E-state index < -0.39 is 10.0 Å². The van der Waals surface area contributed by atoms with Crippen LogP contribution in [-0.2, 0) is 21.2 Å². The van der Waals surface area contributed by atoms with Crippen LogP contribution in [-0.4, -0.2) is 57.2 Å². The van der Waals surface area contributed by atoms with E-state index in [0.717, 1.165) is 19.5 Å². The first-order chi connectivity index (χ1) is 13.7. The molecular formula is C21H28ClN3O3S. The van der Waals surface area contributed by atoms with Crippen molar-refractivity contribution in [3.63, 3.8) is 0 Å². The van der Waals surface area contributed by atoms with Gasteiger partial charge in [0.1, 0.15) is 0 Å². The summed E-state index contributed by atoms with van der Waals surface area (Å²) in [6, 6.07) is 17.0. The lowest BCUT2D eigenvalue weighted by Gasteiger charge is -2.37. The molecule has 2 aliphatic heterocycles. The molecule has 1 fully saturated rings. The van der Waals surface area contributed by atoms with E-state index in [0.29, 0.717) is 37.6 Å². The molecular weight excluding hydrogens is 410 g/mol. The van der Waals surface area contributed by atoms with E-state index >= 15 is 0 Å². The van der Waals surface area contributed by atoms with Gasteiger partial charge in [-0.3, -0.25) is 0 Å². The summed E-state index contributed by atoms with van der Waals surface area (Å²) < 4.78 is 34.3. The van der Waals surface area contributed by atoms with Gasteiger partial charge in [0.25, 0.3) is 10.0 Å². The van der Waals surface area contributed by atoms with Gasteiger partial charge in [0, 0.05) is 32.7 Å². The minimum atomic E-state index is -3.60. The number of fused-ring (bicyclic) bond motifs is 1. The van der Waals surface area contributed by atoms with Gasteiger partial charge < -0.3 is 10.1 Å². The average Bonchev–Trinajstić information content (AvgIpc) is 2.75. The number of benzene rings is 2. The number of halogens is 1. The molecule has 0 aliphatic carbocycles. The molecule has 1 saturated heterocycles. The Morgan fingerprint density at radius 2 is 1.72 bits per heavy atom. The minimum Gasteiger partial charge on any atom is -0.373 e. The fourth-order valence-corrected chi connectivity index (χ4v) is 5.50. The van der Waals surface area contributed by atoms with Crippen molar-refractivity contribution in [1.29, 1.82) is 0 Å². The summed E-state index contributed by atoms with van der Waals surface area (Å²) in [5.41, 5.74) is 2.49. The molecule has 0 spiro atoms. The second-order valence-electron chi connectivity index (χ2n) is 7.16. The molecule has 4 rings (SSSR count). The van der Waals surface area contributed by atoms with Crippen LogP contribution in [0.3, 0.4) is 0 Å². The highest BCUT2D eigenvalue weighted by Crippen LogP contribution is 2.30. The molecule has 1 unspecified atom stereocenters. The number of hydrogen-bond acceptors (Lipinski definition) is 5. The molecule has 0 saturated carbocycles. The zero-order valence-corrected chi connectivity index (χ0v) is 18.0. The number of nitrogens with one attached hydrogen (secondary N) is 1. The quantitative estimate of drug-likeness (QED) is 0.752. The first-order valence-electron chi connectivity index (χ1n) is 9.89. The van der Waals surface area contributed by atoms with Crippen LogP contribution in [0.25, 0.3) is 0 Å². The molecule has 29 heavy (non-hydrogen) atoms. The minimum absolute atomic E-state index is 0. The van der Waals surface area contributed by atoms with Crippen LogP contribution in [0.2, 0.25) is 0 Å². The Hall–Kier alpha value is -1.48. The molecule has 0 amide bonds. The summed E-state index contributed by atoms with van der Waals surface area (Å²) in [7, 11) is -3.60. The number of hydrazine groups is 1. The van der Waals surface area contributed by atoms with Gasteiger partial charge in [0.15, 0.2) is 0 Å². The molecule has 0 radical (unpaired) electrons. The summed E-state index contributed by atoms with van der Waals surface area (Å²) in [6.07, 6.45) is 1.48. The summed E-state index contributed by atoms with van der Waals surface area (Å²) >= 11 is 0. The number of hydrogen-bond donors (Lipinski definition) is 1. The van der Waals surface area contributed by atoms with Gasteiger partial charge in [-0.2, -0.15) is 0 Å². The molecule has 2 aromatic carbocycles. The van der Waals surface area contributed by atoms with Gasteiger partial charge in [0.05, 0.1) is 17.6 Å². The molecule has 158 valence electrons. The molecule has 1 atom stereocenters. The number of ether oxygens (including phenoxy) is 1. The van der Waals surface area contributed by atoms with Crippen molar-refractivity contribution in [3.8, 4) is 0 Å². The zero-order valence-electron chi connectivity index (χ0n) is 16.4. The van der Waals surface area contributed by atoms with Crippen LogP contribution < -0.4 is 5.32 Å². The van der Waals surface area contributed by atoms with Crippen molar-refractivity contribution in [2.75, 3.05) is 39.3 Å². The highest BCUT2D eigenvalue weighted by Gasteiger charge is 2.32. The van der Waals surface area contributed by atoms with Crippen LogP contribution in [0.5, 0.6) is 0 Å². The van der Waals surface area contributed by atoms with Gasteiger partial charge in [-0.15, -0.1) is 16.8 Å². The molecule has 8 heteroatoms. The standard InChI is InChI=1S/C21H27N3O3S.ClH/c25-28(26,19-7-2-1-3-8-19)24(23-15-12-22-13-16-23)14-10-21-20-9-5-4-6-18(20)11-17-27-21;/h1-9,21-22H,10-17H2;1H. The van der Waals surface area contributed by atoms with E-state index in [-0.39, 0.29) is 18.5 Å². The summed E-state index contributed by atoms with van der Waals surface area (Å²) in [5, 5.41) is 5.24. The lowest BCUT2D eigenvalue weighted by Crippen LogP contribution is -2.54. The van der Waals surface area contributed by atoms with Gasteiger partial charge in [-0.25, -0.2) is 13.4 Å². The fourth-order valence-electron chi connectivity index (χ4n) is 3.95. The molecule has 2 aromatic rings. The van der Waals surface area contributed by atoms with Crippen LogP contribution >= 0.6 is 12.4 Å². The van der Waals surface area contributed by atoms with E-state index in [9.17, 15) is 8.42 Å².